The summed E-state index contributed by atoms with van der Waals surface area (Å²) >= 11 is 0. The molecule has 20 heavy (non-hydrogen) atoms. The second-order valence-electron chi connectivity index (χ2n) is 4.89. The summed E-state index contributed by atoms with van der Waals surface area (Å²) in [7, 11) is 3.18. The number of methoxy groups -OCH3 is 1. The van der Waals surface area contributed by atoms with Crippen molar-refractivity contribution in [3.8, 4) is 0 Å². The fraction of sp³-hybridized carbons (Fsp3) is 0.600. The molecule has 0 spiro atoms. The molecule has 0 aromatic carbocycles. The van der Waals surface area contributed by atoms with Crippen molar-refractivity contribution in [3.05, 3.63) is 30.6 Å². The molecule has 0 aliphatic heterocycles. The minimum atomic E-state index is -1.13. The molecular weight excluding hydrogens is 259 g/mol. The zero-order valence-corrected chi connectivity index (χ0v) is 12.3. The summed E-state index contributed by atoms with van der Waals surface area (Å²) in [6.45, 7) is 6.00. The molecule has 0 N–H and O–H groups in total. The first-order valence-corrected chi connectivity index (χ1v) is 6.84. The maximum absolute atomic E-state index is 13.9. The lowest BCUT2D eigenvalue weighted by atomic mass is 10.1. The van der Waals surface area contributed by atoms with Crippen LogP contribution in [0, 0.1) is 0 Å². The molecule has 1 aliphatic carbocycles. The number of nitrogens with zero attached hydrogens (tertiary/aromatic N) is 2. The van der Waals surface area contributed by atoms with Crippen molar-refractivity contribution in [2.75, 3.05) is 7.11 Å². The summed E-state index contributed by atoms with van der Waals surface area (Å²) < 4.78 is 20.1. The minimum Gasteiger partial charge on any atom is -0.469 e. The first-order valence-electron chi connectivity index (χ1n) is 6.84. The number of esters is 1. The molecular formula is C15H23FN2O2. The molecule has 4 nitrogen and oxygen atoms in total. The van der Waals surface area contributed by atoms with Gasteiger partial charge in [-0.1, -0.05) is 0 Å². The molecule has 0 bridgehead atoms. The highest BCUT2D eigenvalue weighted by Crippen LogP contribution is 2.49. The van der Waals surface area contributed by atoms with Gasteiger partial charge in [0.05, 0.1) is 18.5 Å². The van der Waals surface area contributed by atoms with Gasteiger partial charge in [-0.3, -0.25) is 9.48 Å². The number of rotatable bonds is 6. The van der Waals surface area contributed by atoms with Crippen LogP contribution < -0.4 is 0 Å². The van der Waals surface area contributed by atoms with Gasteiger partial charge in [0.2, 0.25) is 0 Å². The van der Waals surface area contributed by atoms with E-state index in [1.807, 2.05) is 6.07 Å². The molecule has 5 heteroatoms. The van der Waals surface area contributed by atoms with Gasteiger partial charge in [0.15, 0.2) is 5.67 Å². The van der Waals surface area contributed by atoms with Gasteiger partial charge < -0.3 is 4.74 Å². The Labute approximate surface area is 119 Å². The average molecular weight is 282 g/mol. The number of ether oxygens (including phenoxy) is 1. The van der Waals surface area contributed by atoms with Gasteiger partial charge in [0.1, 0.15) is 0 Å². The van der Waals surface area contributed by atoms with Crippen molar-refractivity contribution in [2.24, 2.45) is 7.05 Å². The van der Waals surface area contributed by atoms with Gasteiger partial charge in [0, 0.05) is 13.5 Å². The van der Waals surface area contributed by atoms with Crippen LogP contribution in [0.2, 0.25) is 0 Å². The Bertz CT molecular complexity index is 453. The topological polar surface area (TPSA) is 44.1 Å². The van der Waals surface area contributed by atoms with E-state index < -0.39 is 5.67 Å². The summed E-state index contributed by atoms with van der Waals surface area (Å²) in [5.74, 6) is -0.183. The van der Waals surface area contributed by atoms with E-state index >= 15 is 0 Å². The van der Waals surface area contributed by atoms with Crippen LogP contribution in [0.1, 0.15) is 43.5 Å². The van der Waals surface area contributed by atoms with E-state index in [1.54, 1.807) is 11.7 Å². The van der Waals surface area contributed by atoms with Gasteiger partial charge in [-0.15, -0.1) is 13.2 Å². The van der Waals surface area contributed by atoms with Crippen LogP contribution in [-0.2, 0) is 28.7 Å². The molecule has 1 aliphatic rings. The van der Waals surface area contributed by atoms with E-state index in [0.717, 1.165) is 25.0 Å². The fourth-order valence-electron chi connectivity index (χ4n) is 2.11. The normalized spacial score (nSPS) is 15.2. The van der Waals surface area contributed by atoms with Gasteiger partial charge in [-0.2, -0.15) is 5.10 Å². The van der Waals surface area contributed by atoms with E-state index in [1.165, 1.54) is 7.11 Å². The summed E-state index contributed by atoms with van der Waals surface area (Å²) in [6.07, 6.45) is 4.07. The number of aromatic nitrogens is 2. The highest BCUT2D eigenvalue weighted by atomic mass is 19.1. The Balaban J connectivity index is 0.000000956. The standard InChI is InChI=1S/C13H19FN2O2.C2H4/c1-16-11(13(14)7-8-13)9-10(15-16)5-3-4-6-12(17)18-2;1-2/h9H,3-8H2,1-2H3;1-2H2. The van der Waals surface area contributed by atoms with Crippen LogP contribution in [0.5, 0.6) is 0 Å². The van der Waals surface area contributed by atoms with Crippen molar-refractivity contribution in [3.63, 3.8) is 0 Å². The smallest absolute Gasteiger partial charge is 0.305 e. The van der Waals surface area contributed by atoms with Crippen molar-refractivity contribution in [2.45, 2.75) is 44.2 Å². The number of unbranched alkanes of at least 4 members (excludes halogenated alkanes) is 1. The van der Waals surface area contributed by atoms with Gasteiger partial charge in [0.25, 0.3) is 0 Å². The number of halogens is 1. The Morgan fingerprint density at radius 2 is 2.15 bits per heavy atom. The van der Waals surface area contributed by atoms with Crippen molar-refractivity contribution in [1.82, 2.24) is 9.78 Å². The monoisotopic (exact) mass is 282 g/mol. The van der Waals surface area contributed by atoms with Gasteiger partial charge in [-0.05, 0) is 38.2 Å². The lowest BCUT2D eigenvalue weighted by Gasteiger charge is -2.03. The number of carbonyl (C=O) groups excluding carboxylic acids is 1. The molecule has 1 aromatic rings. The van der Waals surface area contributed by atoms with Crippen LogP contribution in [0.15, 0.2) is 19.2 Å². The molecule has 1 saturated carbocycles. The van der Waals surface area contributed by atoms with Gasteiger partial charge >= 0.3 is 5.97 Å². The van der Waals surface area contributed by atoms with E-state index in [-0.39, 0.29) is 5.97 Å². The molecule has 0 unspecified atom stereocenters. The van der Waals surface area contributed by atoms with Crippen LogP contribution in [0.4, 0.5) is 4.39 Å². The van der Waals surface area contributed by atoms with Crippen LogP contribution in [0.25, 0.3) is 0 Å². The third-order valence-corrected chi connectivity index (χ3v) is 3.37. The van der Waals surface area contributed by atoms with Crippen LogP contribution in [0.3, 0.4) is 0 Å². The lowest BCUT2D eigenvalue weighted by Crippen LogP contribution is -2.06. The molecule has 0 amide bonds. The van der Waals surface area contributed by atoms with Crippen molar-refractivity contribution >= 4 is 5.97 Å². The first-order chi connectivity index (χ1) is 9.55. The number of hydrogen-bond donors (Lipinski definition) is 0. The SMILES string of the molecule is C=C.COC(=O)CCCCc1cc(C2(F)CC2)n(C)n1. The second-order valence-corrected chi connectivity index (χ2v) is 4.89. The Morgan fingerprint density at radius 3 is 2.70 bits per heavy atom. The van der Waals surface area contributed by atoms with E-state index in [4.69, 9.17) is 0 Å². The Kier molecular flexibility index (Phi) is 5.92. The summed E-state index contributed by atoms with van der Waals surface area (Å²) in [5.41, 5.74) is 0.457. The van der Waals surface area contributed by atoms with E-state index in [2.05, 4.69) is 23.0 Å². The molecule has 1 heterocycles. The quantitative estimate of drug-likeness (QED) is 0.457. The maximum Gasteiger partial charge on any atom is 0.305 e. The first kappa shape index (κ1) is 16.4. The zero-order chi connectivity index (χ0) is 15.2. The molecule has 1 fully saturated rings. The van der Waals surface area contributed by atoms with E-state index in [9.17, 15) is 9.18 Å². The number of aryl methyl sites for hydroxylation is 2. The van der Waals surface area contributed by atoms with Crippen molar-refractivity contribution < 1.29 is 13.9 Å². The summed E-state index contributed by atoms with van der Waals surface area (Å²) in [6, 6.07) is 1.85. The number of carbonyl (C=O) groups is 1. The number of alkyl halides is 1. The summed E-state index contributed by atoms with van der Waals surface area (Å²) in [5, 5.41) is 4.31. The summed E-state index contributed by atoms with van der Waals surface area (Å²) in [4.78, 5) is 10.9. The third-order valence-electron chi connectivity index (χ3n) is 3.37. The lowest BCUT2D eigenvalue weighted by molar-refractivity contribution is -0.140. The molecule has 2 rings (SSSR count). The minimum absolute atomic E-state index is 0.183. The molecule has 112 valence electrons. The highest BCUT2D eigenvalue weighted by molar-refractivity contribution is 5.68. The molecule has 0 radical (unpaired) electrons. The highest BCUT2D eigenvalue weighted by Gasteiger charge is 2.47. The third kappa shape index (κ3) is 4.18. The Morgan fingerprint density at radius 1 is 1.50 bits per heavy atom. The van der Waals surface area contributed by atoms with Gasteiger partial charge in [-0.25, -0.2) is 4.39 Å². The number of hydrogen-bond acceptors (Lipinski definition) is 3. The largest absolute Gasteiger partial charge is 0.469 e. The van der Waals surface area contributed by atoms with Crippen molar-refractivity contribution in [1.29, 1.82) is 0 Å². The second kappa shape index (κ2) is 7.22. The van der Waals surface area contributed by atoms with E-state index in [0.29, 0.717) is 25.0 Å². The Hall–Kier alpha value is -1.65. The van der Waals surface area contributed by atoms with Crippen LogP contribution >= 0.6 is 0 Å². The predicted octanol–water partition coefficient (Wildman–Crippen LogP) is 3.07. The molecule has 0 atom stereocenters. The maximum atomic E-state index is 13.9. The zero-order valence-electron chi connectivity index (χ0n) is 12.3. The average Bonchev–Trinajstić information content (AvgIpc) is 3.08. The molecule has 0 saturated heterocycles. The fourth-order valence-corrected chi connectivity index (χ4v) is 2.11. The van der Waals surface area contributed by atoms with Crippen LogP contribution in [-0.4, -0.2) is 22.9 Å². The molecule has 1 aromatic heterocycles. The predicted molar refractivity (Wildman–Crippen MR) is 76.1 cm³/mol.